The second-order valence-electron chi connectivity index (χ2n) is 8.04. The summed E-state index contributed by atoms with van der Waals surface area (Å²) in [5.74, 6) is 1.03. The Kier molecular flexibility index (Phi) is 4.44. The minimum Gasteiger partial charge on any atom is -0.344 e. The molecule has 0 amide bonds. The molecule has 0 aliphatic heterocycles. The van der Waals surface area contributed by atoms with Crippen molar-refractivity contribution in [1.82, 2.24) is 19.1 Å². The monoisotopic (exact) mass is 438 g/mol. The molecule has 0 radical (unpaired) electrons. The Morgan fingerprint density at radius 2 is 1.66 bits per heavy atom. The SMILES string of the molecule is O=c1c2ccccc2nc(-c2ccc(-c3cccn3C3CC3)cc2)n1-c1ccc(Cl)cn1. The van der Waals surface area contributed by atoms with E-state index in [4.69, 9.17) is 16.6 Å². The van der Waals surface area contributed by atoms with Crippen LogP contribution in [0.3, 0.4) is 0 Å². The lowest BCUT2D eigenvalue weighted by Gasteiger charge is -2.14. The maximum Gasteiger partial charge on any atom is 0.267 e. The summed E-state index contributed by atoms with van der Waals surface area (Å²) >= 11 is 6.03. The van der Waals surface area contributed by atoms with Crippen LogP contribution in [-0.4, -0.2) is 19.1 Å². The van der Waals surface area contributed by atoms with E-state index in [0.717, 1.165) is 11.1 Å². The zero-order chi connectivity index (χ0) is 21.7. The molecule has 6 heteroatoms. The van der Waals surface area contributed by atoms with Crippen molar-refractivity contribution in [2.45, 2.75) is 18.9 Å². The molecule has 0 spiro atoms. The van der Waals surface area contributed by atoms with Crippen molar-refractivity contribution in [3.8, 4) is 28.5 Å². The van der Waals surface area contributed by atoms with Crippen LogP contribution in [-0.2, 0) is 0 Å². The van der Waals surface area contributed by atoms with Crippen molar-refractivity contribution in [3.05, 3.63) is 101 Å². The highest BCUT2D eigenvalue weighted by atomic mass is 35.5. The summed E-state index contributed by atoms with van der Waals surface area (Å²) in [5, 5.41) is 1.06. The van der Waals surface area contributed by atoms with Gasteiger partial charge in [-0.25, -0.2) is 14.5 Å². The Bertz CT molecular complexity index is 1500. The van der Waals surface area contributed by atoms with E-state index in [1.54, 1.807) is 22.8 Å². The van der Waals surface area contributed by atoms with Gasteiger partial charge < -0.3 is 4.57 Å². The molecule has 0 N–H and O–H groups in total. The van der Waals surface area contributed by atoms with Crippen LogP contribution in [0.4, 0.5) is 0 Å². The average Bonchev–Trinajstić information content (AvgIpc) is 3.56. The van der Waals surface area contributed by atoms with Gasteiger partial charge in [-0.15, -0.1) is 0 Å². The second kappa shape index (κ2) is 7.46. The predicted molar refractivity (Wildman–Crippen MR) is 127 cm³/mol. The van der Waals surface area contributed by atoms with Crippen LogP contribution >= 0.6 is 11.6 Å². The molecule has 5 aromatic rings. The van der Waals surface area contributed by atoms with Gasteiger partial charge in [0.2, 0.25) is 0 Å². The van der Waals surface area contributed by atoms with E-state index in [1.807, 2.05) is 30.3 Å². The highest BCUT2D eigenvalue weighted by Crippen LogP contribution is 2.39. The van der Waals surface area contributed by atoms with Gasteiger partial charge in [0.15, 0.2) is 0 Å². The van der Waals surface area contributed by atoms with Gasteiger partial charge in [-0.1, -0.05) is 48.0 Å². The molecule has 1 saturated carbocycles. The van der Waals surface area contributed by atoms with Gasteiger partial charge >= 0.3 is 0 Å². The predicted octanol–water partition coefficient (Wildman–Crippen LogP) is 5.90. The molecule has 1 fully saturated rings. The number of hydrogen-bond acceptors (Lipinski definition) is 3. The van der Waals surface area contributed by atoms with Crippen LogP contribution in [0.2, 0.25) is 5.02 Å². The van der Waals surface area contributed by atoms with E-state index in [9.17, 15) is 4.79 Å². The molecule has 6 rings (SSSR count). The summed E-state index contributed by atoms with van der Waals surface area (Å²) < 4.78 is 3.90. The fourth-order valence-corrected chi connectivity index (χ4v) is 4.25. The number of hydrogen-bond donors (Lipinski definition) is 0. The number of aromatic nitrogens is 4. The minimum absolute atomic E-state index is 0.160. The number of benzene rings is 2. The van der Waals surface area contributed by atoms with Gasteiger partial charge in [0.25, 0.3) is 5.56 Å². The number of halogens is 1. The molecule has 0 bridgehead atoms. The molecule has 0 unspecified atom stereocenters. The Morgan fingerprint density at radius 3 is 2.41 bits per heavy atom. The van der Waals surface area contributed by atoms with E-state index in [1.165, 1.54) is 24.7 Å². The molecule has 32 heavy (non-hydrogen) atoms. The largest absolute Gasteiger partial charge is 0.344 e. The third-order valence-electron chi connectivity index (χ3n) is 5.87. The number of nitrogens with zero attached hydrogens (tertiary/aromatic N) is 4. The topological polar surface area (TPSA) is 52.7 Å². The average molecular weight is 439 g/mol. The first kappa shape index (κ1) is 19.0. The van der Waals surface area contributed by atoms with Gasteiger partial charge in [-0.05, 0) is 54.8 Å². The fourth-order valence-electron chi connectivity index (χ4n) is 4.14. The van der Waals surface area contributed by atoms with Gasteiger partial charge in [0, 0.05) is 29.7 Å². The molecule has 1 aliphatic rings. The summed E-state index contributed by atoms with van der Waals surface area (Å²) in [6.07, 6.45) is 6.16. The summed E-state index contributed by atoms with van der Waals surface area (Å²) in [6, 6.07) is 23.9. The van der Waals surface area contributed by atoms with Crippen LogP contribution in [0.25, 0.3) is 39.4 Å². The van der Waals surface area contributed by atoms with Crippen molar-refractivity contribution in [2.75, 3.05) is 0 Å². The van der Waals surface area contributed by atoms with Gasteiger partial charge in [0.05, 0.1) is 15.9 Å². The van der Waals surface area contributed by atoms with E-state index >= 15 is 0 Å². The molecule has 3 heterocycles. The van der Waals surface area contributed by atoms with Crippen LogP contribution in [0.15, 0.2) is 90.0 Å². The maximum atomic E-state index is 13.4. The number of para-hydroxylation sites is 1. The lowest BCUT2D eigenvalue weighted by atomic mass is 10.1. The lowest BCUT2D eigenvalue weighted by Crippen LogP contribution is -2.22. The molecular weight excluding hydrogens is 420 g/mol. The highest BCUT2D eigenvalue weighted by Gasteiger charge is 2.25. The van der Waals surface area contributed by atoms with Crippen molar-refractivity contribution < 1.29 is 0 Å². The first-order chi connectivity index (χ1) is 15.7. The maximum absolute atomic E-state index is 13.4. The Hall–Kier alpha value is -3.70. The molecule has 1 aliphatic carbocycles. The number of fused-ring (bicyclic) bond motifs is 1. The van der Waals surface area contributed by atoms with Gasteiger partial charge in [0.1, 0.15) is 11.6 Å². The Labute approximate surface area is 189 Å². The smallest absolute Gasteiger partial charge is 0.267 e. The minimum atomic E-state index is -0.160. The van der Waals surface area contributed by atoms with Gasteiger partial charge in [-0.2, -0.15) is 0 Å². The van der Waals surface area contributed by atoms with Crippen molar-refractivity contribution in [3.63, 3.8) is 0 Å². The number of pyridine rings is 1. The third kappa shape index (κ3) is 3.22. The van der Waals surface area contributed by atoms with Gasteiger partial charge in [-0.3, -0.25) is 4.79 Å². The molecule has 3 aromatic heterocycles. The normalized spacial score (nSPS) is 13.5. The molecule has 0 saturated heterocycles. The van der Waals surface area contributed by atoms with Crippen LogP contribution in [0.5, 0.6) is 0 Å². The molecular formula is C26H19ClN4O. The Balaban J connectivity index is 1.52. The fraction of sp³-hybridized carbons (Fsp3) is 0.115. The van der Waals surface area contributed by atoms with E-state index < -0.39 is 0 Å². The summed E-state index contributed by atoms with van der Waals surface area (Å²) in [7, 11) is 0. The van der Waals surface area contributed by atoms with Crippen molar-refractivity contribution in [1.29, 1.82) is 0 Å². The zero-order valence-electron chi connectivity index (χ0n) is 17.1. The second-order valence-corrected chi connectivity index (χ2v) is 8.47. The summed E-state index contributed by atoms with van der Waals surface area (Å²) in [6.45, 7) is 0. The van der Waals surface area contributed by atoms with Crippen molar-refractivity contribution in [2.24, 2.45) is 0 Å². The Morgan fingerprint density at radius 1 is 0.875 bits per heavy atom. The molecule has 156 valence electrons. The van der Waals surface area contributed by atoms with Crippen LogP contribution < -0.4 is 5.56 Å². The highest BCUT2D eigenvalue weighted by molar-refractivity contribution is 6.30. The van der Waals surface area contributed by atoms with E-state index in [0.29, 0.717) is 33.6 Å². The summed E-state index contributed by atoms with van der Waals surface area (Å²) in [4.78, 5) is 22.7. The quantitative estimate of drug-likeness (QED) is 0.350. The molecule has 0 atom stereocenters. The third-order valence-corrected chi connectivity index (χ3v) is 6.10. The first-order valence-electron chi connectivity index (χ1n) is 10.6. The lowest BCUT2D eigenvalue weighted by molar-refractivity contribution is 0.756. The molecule has 2 aromatic carbocycles. The van der Waals surface area contributed by atoms with Crippen LogP contribution in [0, 0.1) is 0 Å². The van der Waals surface area contributed by atoms with Crippen molar-refractivity contribution >= 4 is 22.5 Å². The van der Waals surface area contributed by atoms with Crippen LogP contribution in [0.1, 0.15) is 18.9 Å². The van der Waals surface area contributed by atoms with E-state index in [2.05, 4.69) is 40.0 Å². The standard InChI is InChI=1S/C26H19ClN4O/c27-19-11-14-24(28-16-19)31-25(29-22-5-2-1-4-21(22)26(31)32)18-9-7-17(8-10-18)23-6-3-15-30(23)20-12-13-20/h1-11,14-16,20H,12-13H2. The molecule has 5 nitrogen and oxygen atoms in total. The van der Waals surface area contributed by atoms with E-state index in [-0.39, 0.29) is 5.56 Å². The summed E-state index contributed by atoms with van der Waals surface area (Å²) in [5.41, 5.74) is 3.70. The zero-order valence-corrected chi connectivity index (χ0v) is 17.9. The number of rotatable bonds is 4. The first-order valence-corrected chi connectivity index (χ1v) is 11.0.